The second-order valence-corrected chi connectivity index (χ2v) is 4.57. The lowest BCUT2D eigenvalue weighted by Gasteiger charge is -2.09. The molecule has 0 spiro atoms. The largest absolute Gasteiger partial charge is 0.496 e. The summed E-state index contributed by atoms with van der Waals surface area (Å²) in [4.78, 5) is 12.3. The number of nitriles is 1. The van der Waals surface area contributed by atoms with Crippen LogP contribution < -0.4 is 14.8 Å². The van der Waals surface area contributed by atoms with Crippen LogP contribution in [-0.2, 0) is 4.79 Å². The molecule has 0 aliphatic carbocycles. The van der Waals surface area contributed by atoms with Crippen molar-refractivity contribution in [2.24, 2.45) is 0 Å². The maximum Gasteiger partial charge on any atom is 0.266 e. The number of ether oxygens (including phenoxy) is 2. The van der Waals surface area contributed by atoms with Gasteiger partial charge in [0.25, 0.3) is 5.91 Å². The van der Waals surface area contributed by atoms with E-state index in [9.17, 15) is 10.1 Å². The predicted octanol–water partition coefficient (Wildman–Crippen LogP) is 3.25. The Morgan fingerprint density at radius 2 is 1.65 bits per heavy atom. The van der Waals surface area contributed by atoms with Crippen molar-refractivity contribution in [1.29, 1.82) is 5.26 Å². The van der Waals surface area contributed by atoms with Crippen LogP contribution in [0.3, 0.4) is 0 Å². The molecule has 0 atom stereocenters. The fourth-order valence-corrected chi connectivity index (χ4v) is 2.03. The Kier molecular flexibility index (Phi) is 5.37. The molecule has 0 heterocycles. The van der Waals surface area contributed by atoms with E-state index in [-0.39, 0.29) is 5.57 Å². The van der Waals surface area contributed by atoms with E-state index in [1.54, 1.807) is 36.4 Å². The quantitative estimate of drug-likeness (QED) is 0.680. The number of nitrogens with one attached hydrogen (secondary N) is 1. The zero-order valence-electron chi connectivity index (χ0n) is 12.9. The average molecular weight is 308 g/mol. The molecule has 5 nitrogen and oxygen atoms in total. The van der Waals surface area contributed by atoms with Crippen LogP contribution in [0.15, 0.2) is 54.1 Å². The zero-order chi connectivity index (χ0) is 16.7. The van der Waals surface area contributed by atoms with Gasteiger partial charge in [0.15, 0.2) is 0 Å². The number of hydrogen-bond donors (Lipinski definition) is 1. The third kappa shape index (κ3) is 3.89. The molecule has 0 aliphatic rings. The van der Waals surface area contributed by atoms with Crippen LogP contribution in [0, 0.1) is 11.3 Å². The molecule has 0 aromatic heterocycles. The Balaban J connectivity index is 2.29. The standard InChI is InChI=1S/C18H16N2O3/c1-22-16-9-5-3-7-13(16)11-14(12-19)18(21)20-15-8-4-6-10-17(15)23-2/h3-11H,1-2H3,(H,20,21). The normalized spacial score (nSPS) is 10.6. The number of para-hydroxylation sites is 3. The van der Waals surface area contributed by atoms with Crippen molar-refractivity contribution >= 4 is 17.7 Å². The van der Waals surface area contributed by atoms with Crippen LogP contribution in [0.1, 0.15) is 5.56 Å². The van der Waals surface area contributed by atoms with Crippen LogP contribution >= 0.6 is 0 Å². The zero-order valence-corrected chi connectivity index (χ0v) is 12.9. The number of hydrogen-bond acceptors (Lipinski definition) is 4. The van der Waals surface area contributed by atoms with Crippen molar-refractivity contribution in [3.8, 4) is 17.6 Å². The molecule has 0 bridgehead atoms. The predicted molar refractivity (Wildman–Crippen MR) is 88.2 cm³/mol. The number of carbonyl (C=O) groups excluding carboxylic acids is 1. The fraction of sp³-hybridized carbons (Fsp3) is 0.111. The molecule has 1 amide bonds. The lowest BCUT2D eigenvalue weighted by molar-refractivity contribution is -0.112. The Labute approximate surface area is 134 Å². The lowest BCUT2D eigenvalue weighted by atomic mass is 10.1. The number of amides is 1. The van der Waals surface area contributed by atoms with Gasteiger partial charge >= 0.3 is 0 Å². The summed E-state index contributed by atoms with van der Waals surface area (Å²) in [5, 5.41) is 11.9. The van der Waals surface area contributed by atoms with E-state index < -0.39 is 5.91 Å². The monoisotopic (exact) mass is 308 g/mol. The molecule has 5 heteroatoms. The van der Waals surface area contributed by atoms with Crippen molar-refractivity contribution in [3.63, 3.8) is 0 Å². The third-order valence-corrected chi connectivity index (χ3v) is 3.16. The summed E-state index contributed by atoms with van der Waals surface area (Å²) >= 11 is 0. The van der Waals surface area contributed by atoms with Gasteiger partial charge < -0.3 is 14.8 Å². The molecule has 0 saturated heterocycles. The molecule has 116 valence electrons. The number of rotatable bonds is 5. The molecule has 2 aromatic rings. The van der Waals surface area contributed by atoms with Crippen molar-refractivity contribution in [2.75, 3.05) is 19.5 Å². The molecule has 2 rings (SSSR count). The summed E-state index contributed by atoms with van der Waals surface area (Å²) in [5.74, 6) is 0.601. The summed E-state index contributed by atoms with van der Waals surface area (Å²) in [6, 6.07) is 16.1. The maximum absolute atomic E-state index is 12.3. The van der Waals surface area contributed by atoms with Gasteiger partial charge in [0, 0.05) is 5.56 Å². The summed E-state index contributed by atoms with van der Waals surface area (Å²) in [6.07, 6.45) is 1.49. The van der Waals surface area contributed by atoms with Crippen LogP contribution in [0.4, 0.5) is 5.69 Å². The van der Waals surface area contributed by atoms with E-state index in [2.05, 4.69) is 5.32 Å². The highest BCUT2D eigenvalue weighted by Crippen LogP contribution is 2.24. The van der Waals surface area contributed by atoms with Crippen LogP contribution in [-0.4, -0.2) is 20.1 Å². The second-order valence-electron chi connectivity index (χ2n) is 4.57. The summed E-state index contributed by atoms with van der Waals surface area (Å²) in [7, 11) is 3.05. The number of nitrogens with zero attached hydrogens (tertiary/aromatic N) is 1. The van der Waals surface area contributed by atoms with Gasteiger partial charge in [-0.15, -0.1) is 0 Å². The van der Waals surface area contributed by atoms with Crippen molar-refractivity contribution < 1.29 is 14.3 Å². The summed E-state index contributed by atoms with van der Waals surface area (Å²) < 4.78 is 10.4. The number of methoxy groups -OCH3 is 2. The highest BCUT2D eigenvalue weighted by atomic mass is 16.5. The average Bonchev–Trinajstić information content (AvgIpc) is 2.60. The van der Waals surface area contributed by atoms with E-state index >= 15 is 0 Å². The maximum atomic E-state index is 12.3. The summed E-state index contributed by atoms with van der Waals surface area (Å²) in [5.41, 5.74) is 1.13. The smallest absolute Gasteiger partial charge is 0.266 e. The van der Waals surface area contributed by atoms with E-state index in [4.69, 9.17) is 9.47 Å². The van der Waals surface area contributed by atoms with Gasteiger partial charge in [0.2, 0.25) is 0 Å². The van der Waals surface area contributed by atoms with E-state index in [1.807, 2.05) is 18.2 Å². The number of anilines is 1. The lowest BCUT2D eigenvalue weighted by Crippen LogP contribution is -2.14. The SMILES string of the molecule is COc1ccccc1C=C(C#N)C(=O)Nc1ccccc1OC. The first kappa shape index (κ1) is 16.1. The van der Waals surface area contributed by atoms with Crippen molar-refractivity contribution in [2.45, 2.75) is 0 Å². The first-order chi connectivity index (χ1) is 11.2. The first-order valence-electron chi connectivity index (χ1n) is 6.88. The highest BCUT2D eigenvalue weighted by Gasteiger charge is 2.13. The minimum absolute atomic E-state index is 0.0274. The van der Waals surface area contributed by atoms with E-state index in [1.165, 1.54) is 20.3 Å². The second kappa shape index (κ2) is 7.66. The summed E-state index contributed by atoms with van der Waals surface area (Å²) in [6.45, 7) is 0. The molecule has 0 saturated carbocycles. The topological polar surface area (TPSA) is 71.3 Å². The van der Waals surface area contributed by atoms with Crippen molar-refractivity contribution in [1.82, 2.24) is 0 Å². The van der Waals surface area contributed by atoms with Crippen LogP contribution in [0.25, 0.3) is 6.08 Å². The first-order valence-corrected chi connectivity index (χ1v) is 6.88. The van der Waals surface area contributed by atoms with Gasteiger partial charge in [0.1, 0.15) is 23.1 Å². The van der Waals surface area contributed by atoms with Gasteiger partial charge in [-0.05, 0) is 24.3 Å². The molecular weight excluding hydrogens is 292 g/mol. The minimum Gasteiger partial charge on any atom is -0.496 e. The highest BCUT2D eigenvalue weighted by molar-refractivity contribution is 6.10. The molecular formula is C18H16N2O3. The van der Waals surface area contributed by atoms with Gasteiger partial charge in [-0.1, -0.05) is 30.3 Å². The number of carbonyl (C=O) groups is 1. The Morgan fingerprint density at radius 1 is 1.04 bits per heavy atom. The van der Waals surface area contributed by atoms with Gasteiger partial charge in [-0.25, -0.2) is 0 Å². The molecule has 1 N–H and O–H groups in total. The van der Waals surface area contributed by atoms with E-state index in [0.29, 0.717) is 22.7 Å². The third-order valence-electron chi connectivity index (χ3n) is 3.16. The molecule has 0 aliphatic heterocycles. The number of benzene rings is 2. The minimum atomic E-state index is -0.511. The van der Waals surface area contributed by atoms with Gasteiger partial charge in [0.05, 0.1) is 19.9 Å². The Hall–Kier alpha value is -3.26. The Morgan fingerprint density at radius 3 is 2.30 bits per heavy atom. The molecule has 0 unspecified atom stereocenters. The van der Waals surface area contributed by atoms with Gasteiger partial charge in [-0.2, -0.15) is 5.26 Å². The van der Waals surface area contributed by atoms with Gasteiger partial charge in [-0.3, -0.25) is 4.79 Å². The molecule has 23 heavy (non-hydrogen) atoms. The van der Waals surface area contributed by atoms with Crippen molar-refractivity contribution in [3.05, 3.63) is 59.7 Å². The van der Waals surface area contributed by atoms with E-state index in [0.717, 1.165) is 0 Å². The fourth-order valence-electron chi connectivity index (χ4n) is 2.03. The van der Waals surface area contributed by atoms with Crippen LogP contribution in [0.2, 0.25) is 0 Å². The molecule has 0 fully saturated rings. The molecule has 0 radical (unpaired) electrons. The van der Waals surface area contributed by atoms with Crippen LogP contribution in [0.5, 0.6) is 11.5 Å². The molecule has 2 aromatic carbocycles. The Bertz CT molecular complexity index is 776.